The number of hydrogen-bond acceptors (Lipinski definition) is 0. The van der Waals surface area contributed by atoms with Crippen molar-refractivity contribution in [1.29, 1.82) is 0 Å². The first-order valence-corrected chi connectivity index (χ1v) is 4.34. The molecule has 0 saturated carbocycles. The van der Waals surface area contributed by atoms with Crippen molar-refractivity contribution in [3.05, 3.63) is 41.2 Å². The van der Waals surface area contributed by atoms with Crippen LogP contribution in [-0.4, -0.2) is 0 Å². The smallest absolute Gasteiger partial charge is 0.202 e. The lowest BCUT2D eigenvalue weighted by Crippen LogP contribution is -1.73. The van der Waals surface area contributed by atoms with Crippen LogP contribution < -0.4 is 0 Å². The maximum Gasteiger partial charge on any atom is 0.202 e. The van der Waals surface area contributed by atoms with Crippen molar-refractivity contribution in [1.82, 2.24) is 0 Å². The summed E-state index contributed by atoms with van der Waals surface area (Å²) in [7, 11) is 0. The fourth-order valence-corrected chi connectivity index (χ4v) is 0.960. The van der Waals surface area contributed by atoms with Crippen molar-refractivity contribution in [3.63, 3.8) is 0 Å². The molecule has 0 radical (unpaired) electrons. The van der Waals surface area contributed by atoms with Gasteiger partial charge in [-0.25, -0.2) is 4.85 Å². The van der Waals surface area contributed by atoms with Gasteiger partial charge in [0.2, 0.25) is 5.69 Å². The summed E-state index contributed by atoms with van der Waals surface area (Å²) in [4.78, 5) is 3.40. The van der Waals surface area contributed by atoms with Crippen LogP contribution in [-0.2, 0) is 0 Å². The molecular weight excluding hydrogens is 158 g/mol. The maximum atomic E-state index is 6.92. The fraction of sp³-hybridized carbons (Fsp3) is 0.250. The standard InChI is InChI=1S/C12H11N/c1-3-4-5-8-11-9-6-7-10-12(11)13-2/h6-7,9-10H,3-4H2,1H3. The SMILES string of the molecule is [C-]#[N+]c1ccccc1C#CCCC. The zero-order valence-corrected chi connectivity index (χ0v) is 7.67. The van der Waals surface area contributed by atoms with E-state index < -0.39 is 0 Å². The Bertz CT molecular complexity index is 374. The minimum absolute atomic E-state index is 0.645. The molecule has 0 amide bonds. The Hall–Kier alpha value is -1.73. The van der Waals surface area contributed by atoms with Crippen LogP contribution >= 0.6 is 0 Å². The van der Waals surface area contributed by atoms with Gasteiger partial charge in [-0.05, 0) is 6.42 Å². The zero-order chi connectivity index (χ0) is 9.52. The van der Waals surface area contributed by atoms with Crippen molar-refractivity contribution in [2.24, 2.45) is 0 Å². The molecule has 0 aromatic heterocycles. The van der Waals surface area contributed by atoms with Crippen LogP contribution in [0.2, 0.25) is 0 Å². The van der Waals surface area contributed by atoms with Gasteiger partial charge in [0.05, 0.1) is 6.57 Å². The molecule has 1 aromatic carbocycles. The Labute approximate surface area is 79.2 Å². The molecule has 0 aliphatic carbocycles. The number of nitrogens with zero attached hydrogens (tertiary/aromatic N) is 1. The summed E-state index contributed by atoms with van der Waals surface area (Å²) in [5, 5.41) is 0. The van der Waals surface area contributed by atoms with Gasteiger partial charge < -0.3 is 0 Å². The topological polar surface area (TPSA) is 4.36 Å². The molecule has 13 heavy (non-hydrogen) atoms. The lowest BCUT2D eigenvalue weighted by Gasteiger charge is -1.92. The van der Waals surface area contributed by atoms with Gasteiger partial charge in [-0.2, -0.15) is 0 Å². The van der Waals surface area contributed by atoms with Crippen LogP contribution in [0.1, 0.15) is 25.3 Å². The van der Waals surface area contributed by atoms with E-state index in [0.717, 1.165) is 18.4 Å². The van der Waals surface area contributed by atoms with E-state index in [2.05, 4.69) is 23.6 Å². The van der Waals surface area contributed by atoms with Gasteiger partial charge in [0.1, 0.15) is 0 Å². The van der Waals surface area contributed by atoms with Gasteiger partial charge in [0, 0.05) is 12.0 Å². The van der Waals surface area contributed by atoms with Crippen molar-refractivity contribution in [2.45, 2.75) is 19.8 Å². The van der Waals surface area contributed by atoms with Crippen LogP contribution in [0, 0.1) is 18.4 Å². The first-order valence-electron chi connectivity index (χ1n) is 4.34. The minimum atomic E-state index is 0.645. The van der Waals surface area contributed by atoms with Gasteiger partial charge in [-0.1, -0.05) is 43.0 Å². The molecule has 1 aromatic rings. The molecule has 0 spiro atoms. The predicted molar refractivity (Wildman–Crippen MR) is 54.5 cm³/mol. The van der Waals surface area contributed by atoms with E-state index in [0.29, 0.717) is 5.69 Å². The zero-order valence-electron chi connectivity index (χ0n) is 7.67. The lowest BCUT2D eigenvalue weighted by molar-refractivity contribution is 0.983. The molecule has 0 atom stereocenters. The second-order valence-electron chi connectivity index (χ2n) is 2.68. The highest BCUT2D eigenvalue weighted by molar-refractivity contribution is 5.59. The number of hydrogen-bond donors (Lipinski definition) is 0. The Kier molecular flexibility index (Phi) is 3.61. The molecule has 0 fully saturated rings. The first-order chi connectivity index (χ1) is 6.38. The summed E-state index contributed by atoms with van der Waals surface area (Å²) in [6, 6.07) is 7.45. The molecule has 0 aliphatic rings. The van der Waals surface area contributed by atoms with Crippen molar-refractivity contribution >= 4 is 5.69 Å². The van der Waals surface area contributed by atoms with E-state index in [-0.39, 0.29) is 0 Å². The summed E-state index contributed by atoms with van der Waals surface area (Å²) in [6.45, 7) is 9.01. The second-order valence-corrected chi connectivity index (χ2v) is 2.68. The Balaban J connectivity index is 2.91. The van der Waals surface area contributed by atoms with Gasteiger partial charge in [-0.3, -0.25) is 0 Å². The number of benzene rings is 1. The largest absolute Gasteiger partial charge is 0.237 e. The average Bonchev–Trinajstić information content (AvgIpc) is 2.19. The third kappa shape index (κ3) is 2.65. The molecule has 0 unspecified atom stereocenters. The molecule has 0 bridgehead atoms. The first kappa shape index (κ1) is 9.36. The van der Waals surface area contributed by atoms with Gasteiger partial charge in [0.25, 0.3) is 0 Å². The second kappa shape index (κ2) is 5.01. The van der Waals surface area contributed by atoms with Gasteiger partial charge in [0.15, 0.2) is 0 Å². The summed E-state index contributed by atoms with van der Waals surface area (Å²) in [5.41, 5.74) is 1.48. The van der Waals surface area contributed by atoms with E-state index >= 15 is 0 Å². The predicted octanol–water partition coefficient (Wildman–Crippen LogP) is 3.39. The number of rotatable bonds is 1. The molecule has 0 heterocycles. The number of para-hydroxylation sites is 1. The quantitative estimate of drug-likeness (QED) is 0.448. The summed E-state index contributed by atoms with van der Waals surface area (Å²) >= 11 is 0. The van der Waals surface area contributed by atoms with Gasteiger partial charge in [-0.15, -0.1) is 0 Å². The fourth-order valence-electron chi connectivity index (χ4n) is 0.960. The van der Waals surface area contributed by atoms with Crippen molar-refractivity contribution in [3.8, 4) is 11.8 Å². The highest BCUT2D eigenvalue weighted by Crippen LogP contribution is 2.16. The van der Waals surface area contributed by atoms with E-state index in [1.165, 1.54) is 0 Å². The normalized spacial score (nSPS) is 8.31. The molecule has 1 rings (SSSR count). The van der Waals surface area contributed by atoms with E-state index in [9.17, 15) is 0 Å². The Morgan fingerprint density at radius 3 is 2.85 bits per heavy atom. The number of unbranched alkanes of at least 4 members (excludes halogenated alkanes) is 1. The molecule has 1 heteroatoms. The third-order valence-corrected chi connectivity index (χ3v) is 1.62. The molecule has 1 nitrogen and oxygen atoms in total. The molecule has 0 saturated heterocycles. The van der Waals surface area contributed by atoms with Crippen LogP contribution in [0.5, 0.6) is 0 Å². The average molecular weight is 169 g/mol. The Morgan fingerprint density at radius 1 is 1.38 bits per heavy atom. The highest BCUT2D eigenvalue weighted by atomic mass is 14.6. The summed E-state index contributed by atoms with van der Waals surface area (Å²) in [5.74, 6) is 6.03. The molecular formula is C12H11N. The summed E-state index contributed by atoms with van der Waals surface area (Å²) in [6.07, 6.45) is 1.96. The van der Waals surface area contributed by atoms with E-state index in [4.69, 9.17) is 6.57 Å². The Morgan fingerprint density at radius 2 is 2.15 bits per heavy atom. The van der Waals surface area contributed by atoms with Crippen molar-refractivity contribution < 1.29 is 0 Å². The molecule has 0 aliphatic heterocycles. The molecule has 0 N–H and O–H groups in total. The highest BCUT2D eigenvalue weighted by Gasteiger charge is 1.94. The van der Waals surface area contributed by atoms with Crippen LogP contribution in [0.3, 0.4) is 0 Å². The van der Waals surface area contributed by atoms with Crippen molar-refractivity contribution in [2.75, 3.05) is 0 Å². The lowest BCUT2D eigenvalue weighted by atomic mass is 10.2. The maximum absolute atomic E-state index is 6.92. The van der Waals surface area contributed by atoms with Crippen LogP contribution in [0.25, 0.3) is 4.85 Å². The monoisotopic (exact) mass is 169 g/mol. The van der Waals surface area contributed by atoms with Crippen LogP contribution in [0.15, 0.2) is 24.3 Å². The third-order valence-electron chi connectivity index (χ3n) is 1.62. The van der Waals surface area contributed by atoms with E-state index in [1.807, 2.05) is 18.2 Å². The summed E-state index contributed by atoms with van der Waals surface area (Å²) < 4.78 is 0. The van der Waals surface area contributed by atoms with Crippen LogP contribution in [0.4, 0.5) is 5.69 Å². The van der Waals surface area contributed by atoms with E-state index in [1.54, 1.807) is 6.07 Å². The molecule has 64 valence electrons. The minimum Gasteiger partial charge on any atom is -0.237 e. The van der Waals surface area contributed by atoms with Gasteiger partial charge >= 0.3 is 0 Å².